The van der Waals surface area contributed by atoms with Crippen LogP contribution in [-0.4, -0.2) is 24.0 Å². The lowest BCUT2D eigenvalue weighted by Crippen LogP contribution is -2.35. The van der Waals surface area contributed by atoms with Crippen LogP contribution in [0, 0.1) is 0 Å². The van der Waals surface area contributed by atoms with Gasteiger partial charge in [-0.15, -0.1) is 0 Å². The summed E-state index contributed by atoms with van der Waals surface area (Å²) < 4.78 is 5.47. The molecule has 2 unspecified atom stereocenters. The van der Waals surface area contributed by atoms with Crippen molar-refractivity contribution in [2.75, 3.05) is 5.32 Å². The minimum absolute atomic E-state index is 0.0178. The molecule has 108 valence electrons. The summed E-state index contributed by atoms with van der Waals surface area (Å²) in [6, 6.07) is 5.59. The zero-order valence-corrected chi connectivity index (χ0v) is 12.0. The minimum atomic E-state index is -0.484. The summed E-state index contributed by atoms with van der Waals surface area (Å²) in [5, 5.41) is 5.70. The van der Waals surface area contributed by atoms with Crippen LogP contribution in [0.4, 0.5) is 5.69 Å². The van der Waals surface area contributed by atoms with Crippen molar-refractivity contribution in [3.63, 3.8) is 0 Å². The Kier molecular flexibility index (Phi) is 4.27. The van der Waals surface area contributed by atoms with E-state index >= 15 is 0 Å². The van der Waals surface area contributed by atoms with E-state index in [0.29, 0.717) is 17.9 Å². The van der Waals surface area contributed by atoms with Crippen molar-refractivity contribution in [3.8, 4) is 5.75 Å². The molecule has 1 aliphatic heterocycles. The molecule has 0 bridgehead atoms. The number of hydrogen-bond acceptors (Lipinski definition) is 3. The first-order valence-corrected chi connectivity index (χ1v) is 6.89. The third-order valence-corrected chi connectivity index (χ3v) is 3.36. The Bertz CT molecular complexity index is 528. The predicted octanol–water partition coefficient (Wildman–Crippen LogP) is 1.86. The molecule has 5 heteroatoms. The maximum Gasteiger partial charge on any atom is 0.265 e. The van der Waals surface area contributed by atoms with Crippen LogP contribution < -0.4 is 15.4 Å². The zero-order chi connectivity index (χ0) is 14.7. The van der Waals surface area contributed by atoms with Gasteiger partial charge in [-0.25, -0.2) is 0 Å². The van der Waals surface area contributed by atoms with Crippen LogP contribution in [0.3, 0.4) is 0 Å². The van der Waals surface area contributed by atoms with Gasteiger partial charge < -0.3 is 15.4 Å². The van der Waals surface area contributed by atoms with Gasteiger partial charge in [0.25, 0.3) is 5.91 Å². The maximum atomic E-state index is 11.8. The molecule has 2 amide bonds. The molecule has 1 aromatic carbocycles. The highest BCUT2D eigenvalue weighted by molar-refractivity contribution is 5.97. The molecule has 2 rings (SSSR count). The van der Waals surface area contributed by atoms with Crippen LogP contribution >= 0.6 is 0 Å². The number of benzene rings is 1. The van der Waals surface area contributed by atoms with E-state index in [2.05, 4.69) is 10.6 Å². The molecule has 1 heterocycles. The fraction of sp³-hybridized carbons (Fsp3) is 0.467. The lowest BCUT2D eigenvalue weighted by molar-refractivity contribution is -0.122. The summed E-state index contributed by atoms with van der Waals surface area (Å²) in [6.45, 7) is 5.70. The van der Waals surface area contributed by atoms with E-state index in [4.69, 9.17) is 4.74 Å². The monoisotopic (exact) mass is 276 g/mol. The highest BCUT2D eigenvalue weighted by atomic mass is 16.5. The van der Waals surface area contributed by atoms with Crippen molar-refractivity contribution < 1.29 is 14.3 Å². The molecule has 0 saturated carbocycles. The van der Waals surface area contributed by atoms with Gasteiger partial charge in [0.1, 0.15) is 5.75 Å². The van der Waals surface area contributed by atoms with E-state index in [-0.39, 0.29) is 17.9 Å². The quantitative estimate of drug-likeness (QED) is 0.882. The zero-order valence-electron chi connectivity index (χ0n) is 12.0. The molecule has 0 saturated heterocycles. The molecule has 20 heavy (non-hydrogen) atoms. The minimum Gasteiger partial charge on any atom is -0.479 e. The van der Waals surface area contributed by atoms with E-state index in [0.717, 1.165) is 12.0 Å². The Labute approximate surface area is 118 Å². The molecular formula is C15H20N2O3. The van der Waals surface area contributed by atoms with Crippen LogP contribution in [0.25, 0.3) is 0 Å². The van der Waals surface area contributed by atoms with Crippen LogP contribution in [-0.2, 0) is 16.0 Å². The predicted molar refractivity (Wildman–Crippen MR) is 76.8 cm³/mol. The SMILES string of the molecule is CCC(C)NC(=O)Cc1ccc2c(c1)NC(=O)C(C)O2. The fourth-order valence-electron chi connectivity index (χ4n) is 1.98. The van der Waals surface area contributed by atoms with Crippen molar-refractivity contribution in [1.29, 1.82) is 0 Å². The summed E-state index contributed by atoms with van der Waals surface area (Å²) in [5.41, 5.74) is 1.48. The van der Waals surface area contributed by atoms with Gasteiger partial charge in [0, 0.05) is 6.04 Å². The molecule has 0 aliphatic carbocycles. The Morgan fingerprint density at radius 2 is 2.25 bits per heavy atom. The summed E-state index contributed by atoms with van der Waals surface area (Å²) in [4.78, 5) is 23.4. The van der Waals surface area contributed by atoms with E-state index < -0.39 is 6.10 Å². The average Bonchev–Trinajstić information content (AvgIpc) is 2.40. The molecule has 1 aliphatic rings. The number of anilines is 1. The van der Waals surface area contributed by atoms with Crippen molar-refractivity contribution >= 4 is 17.5 Å². The standard InChI is InChI=1S/C15H20N2O3/c1-4-9(2)16-14(18)8-11-5-6-13-12(7-11)17-15(19)10(3)20-13/h5-7,9-10H,4,8H2,1-3H3,(H,16,18)(H,17,19). The van der Waals surface area contributed by atoms with E-state index in [1.54, 1.807) is 19.1 Å². The van der Waals surface area contributed by atoms with Crippen LogP contribution in [0.5, 0.6) is 5.75 Å². The van der Waals surface area contributed by atoms with Gasteiger partial charge in [0.15, 0.2) is 6.10 Å². The van der Waals surface area contributed by atoms with Crippen molar-refractivity contribution in [1.82, 2.24) is 5.32 Å². The highest BCUT2D eigenvalue weighted by Crippen LogP contribution is 2.30. The van der Waals surface area contributed by atoms with Gasteiger partial charge in [-0.05, 0) is 38.0 Å². The van der Waals surface area contributed by atoms with Crippen molar-refractivity contribution in [3.05, 3.63) is 23.8 Å². The van der Waals surface area contributed by atoms with Gasteiger partial charge in [-0.1, -0.05) is 13.0 Å². The number of carbonyl (C=O) groups is 2. The van der Waals surface area contributed by atoms with E-state index in [9.17, 15) is 9.59 Å². The Morgan fingerprint density at radius 3 is 2.95 bits per heavy atom. The third kappa shape index (κ3) is 3.29. The smallest absolute Gasteiger partial charge is 0.265 e. The first-order valence-electron chi connectivity index (χ1n) is 6.89. The third-order valence-electron chi connectivity index (χ3n) is 3.36. The van der Waals surface area contributed by atoms with Crippen LogP contribution in [0.2, 0.25) is 0 Å². The molecule has 0 spiro atoms. The van der Waals surface area contributed by atoms with Crippen LogP contribution in [0.1, 0.15) is 32.8 Å². The van der Waals surface area contributed by atoms with Gasteiger partial charge in [0.05, 0.1) is 12.1 Å². The normalized spacial score (nSPS) is 18.6. The van der Waals surface area contributed by atoms with Gasteiger partial charge in [-0.3, -0.25) is 9.59 Å². The molecule has 5 nitrogen and oxygen atoms in total. The van der Waals surface area contributed by atoms with E-state index in [1.807, 2.05) is 19.9 Å². The largest absolute Gasteiger partial charge is 0.479 e. The molecule has 0 radical (unpaired) electrons. The highest BCUT2D eigenvalue weighted by Gasteiger charge is 2.23. The topological polar surface area (TPSA) is 67.4 Å². The Morgan fingerprint density at radius 1 is 1.50 bits per heavy atom. The first kappa shape index (κ1) is 14.4. The van der Waals surface area contributed by atoms with Gasteiger partial charge >= 0.3 is 0 Å². The van der Waals surface area contributed by atoms with Gasteiger partial charge in [-0.2, -0.15) is 0 Å². The lowest BCUT2D eigenvalue weighted by atomic mass is 10.1. The number of ether oxygens (including phenoxy) is 1. The number of hydrogen-bond donors (Lipinski definition) is 2. The Balaban J connectivity index is 2.06. The molecule has 0 aromatic heterocycles. The molecule has 2 N–H and O–H groups in total. The number of carbonyl (C=O) groups excluding carboxylic acids is 2. The summed E-state index contributed by atoms with van der Waals surface area (Å²) in [7, 11) is 0. The first-order chi connectivity index (χ1) is 9.49. The molecular weight excluding hydrogens is 256 g/mol. The number of amides is 2. The molecule has 1 aromatic rings. The van der Waals surface area contributed by atoms with Gasteiger partial charge in [0.2, 0.25) is 5.91 Å². The summed E-state index contributed by atoms with van der Waals surface area (Å²) in [5.74, 6) is 0.456. The number of nitrogens with one attached hydrogen (secondary N) is 2. The second kappa shape index (κ2) is 5.94. The van der Waals surface area contributed by atoms with E-state index in [1.165, 1.54) is 0 Å². The van der Waals surface area contributed by atoms with Crippen molar-refractivity contribution in [2.24, 2.45) is 0 Å². The lowest BCUT2D eigenvalue weighted by Gasteiger charge is -2.23. The summed E-state index contributed by atoms with van der Waals surface area (Å²) >= 11 is 0. The molecule has 2 atom stereocenters. The average molecular weight is 276 g/mol. The second-order valence-corrected chi connectivity index (χ2v) is 5.13. The number of fused-ring (bicyclic) bond motifs is 1. The number of rotatable bonds is 4. The molecule has 0 fully saturated rings. The van der Waals surface area contributed by atoms with Crippen molar-refractivity contribution in [2.45, 2.75) is 45.8 Å². The second-order valence-electron chi connectivity index (χ2n) is 5.13. The Hall–Kier alpha value is -2.04. The fourth-order valence-corrected chi connectivity index (χ4v) is 1.98. The summed E-state index contributed by atoms with van der Waals surface area (Å²) in [6.07, 6.45) is 0.711. The van der Waals surface area contributed by atoms with Crippen LogP contribution in [0.15, 0.2) is 18.2 Å². The maximum absolute atomic E-state index is 11.8.